The van der Waals surface area contributed by atoms with Crippen LogP contribution in [0.2, 0.25) is 0 Å². The molecule has 0 atom stereocenters. The zero-order valence-electron chi connectivity index (χ0n) is 15.3. The fourth-order valence-electron chi connectivity index (χ4n) is 2.24. The van der Waals surface area contributed by atoms with E-state index in [0.717, 1.165) is 24.6 Å². The van der Waals surface area contributed by atoms with Crippen molar-refractivity contribution in [1.29, 1.82) is 0 Å². The van der Waals surface area contributed by atoms with E-state index in [1.165, 1.54) is 12.1 Å². The summed E-state index contributed by atoms with van der Waals surface area (Å²) in [6, 6.07) is 12.0. The van der Waals surface area contributed by atoms with Gasteiger partial charge in [0.1, 0.15) is 5.75 Å². The number of hydrogen-bond acceptors (Lipinski definition) is 4. The van der Waals surface area contributed by atoms with E-state index in [1.54, 1.807) is 18.3 Å². The number of aliphatic imine (C=N–C) groups is 1. The predicted octanol–water partition coefficient (Wildman–Crippen LogP) is 2.28. The summed E-state index contributed by atoms with van der Waals surface area (Å²) in [4.78, 5) is 20.7. The number of phenolic OH excluding ortho intramolecular Hbond substituents is 1. The van der Waals surface area contributed by atoms with Crippen molar-refractivity contribution in [2.45, 2.75) is 19.9 Å². The van der Waals surface area contributed by atoms with Crippen molar-refractivity contribution < 1.29 is 9.90 Å². The molecule has 0 aliphatic carbocycles. The molecule has 8 heteroatoms. The third-order valence-electron chi connectivity index (χ3n) is 3.51. The molecule has 0 unspecified atom stereocenters. The van der Waals surface area contributed by atoms with E-state index >= 15 is 0 Å². The summed E-state index contributed by atoms with van der Waals surface area (Å²) in [5, 5.41) is 18.6. The van der Waals surface area contributed by atoms with Gasteiger partial charge in [-0.05, 0) is 43.7 Å². The van der Waals surface area contributed by atoms with E-state index in [9.17, 15) is 9.90 Å². The van der Waals surface area contributed by atoms with Gasteiger partial charge in [-0.2, -0.15) is 0 Å². The number of nitrogens with one attached hydrogen (secondary N) is 3. The van der Waals surface area contributed by atoms with E-state index < -0.39 is 0 Å². The van der Waals surface area contributed by atoms with Gasteiger partial charge in [-0.15, -0.1) is 24.0 Å². The average Bonchev–Trinajstić information content (AvgIpc) is 2.66. The van der Waals surface area contributed by atoms with Crippen LogP contribution in [0.4, 0.5) is 0 Å². The largest absolute Gasteiger partial charge is 0.508 e. The van der Waals surface area contributed by atoms with Gasteiger partial charge >= 0.3 is 0 Å². The van der Waals surface area contributed by atoms with Gasteiger partial charge < -0.3 is 21.1 Å². The van der Waals surface area contributed by atoms with Gasteiger partial charge in [-0.25, -0.2) is 4.99 Å². The van der Waals surface area contributed by atoms with Crippen LogP contribution in [0.5, 0.6) is 5.75 Å². The maximum atomic E-state index is 12.0. The summed E-state index contributed by atoms with van der Waals surface area (Å²) in [5.41, 5.74) is 1.35. The summed E-state index contributed by atoms with van der Waals surface area (Å²) in [6.07, 6.45) is 2.50. The van der Waals surface area contributed by atoms with Gasteiger partial charge in [-0.3, -0.25) is 9.78 Å². The highest BCUT2D eigenvalue weighted by molar-refractivity contribution is 14.0. The predicted molar refractivity (Wildman–Crippen MR) is 118 cm³/mol. The SMILES string of the molecule is CCNC(=NCc1ccccn1)NCCCNC(=O)c1cccc(O)c1.I. The molecule has 1 amide bonds. The van der Waals surface area contributed by atoms with Crippen LogP contribution in [0.3, 0.4) is 0 Å². The first-order valence-corrected chi connectivity index (χ1v) is 8.68. The second-order valence-corrected chi connectivity index (χ2v) is 5.60. The average molecular weight is 483 g/mol. The molecule has 2 rings (SSSR count). The van der Waals surface area contributed by atoms with E-state index in [2.05, 4.69) is 25.9 Å². The number of hydrogen-bond donors (Lipinski definition) is 4. The molecule has 0 saturated heterocycles. The van der Waals surface area contributed by atoms with Crippen LogP contribution in [-0.2, 0) is 6.54 Å². The van der Waals surface area contributed by atoms with Crippen molar-refractivity contribution >= 4 is 35.8 Å². The molecule has 0 aliphatic rings. The Kier molecular flexibility index (Phi) is 10.8. The fourth-order valence-corrected chi connectivity index (χ4v) is 2.24. The van der Waals surface area contributed by atoms with Crippen molar-refractivity contribution in [3.63, 3.8) is 0 Å². The molecule has 4 N–H and O–H groups in total. The van der Waals surface area contributed by atoms with E-state index in [4.69, 9.17) is 0 Å². The topological polar surface area (TPSA) is 98.6 Å². The molecule has 0 bridgehead atoms. The van der Waals surface area contributed by atoms with Gasteiger partial charge in [0.15, 0.2) is 5.96 Å². The van der Waals surface area contributed by atoms with Crippen molar-refractivity contribution in [1.82, 2.24) is 20.9 Å². The molecule has 1 aromatic carbocycles. The van der Waals surface area contributed by atoms with Gasteiger partial charge in [0.05, 0.1) is 12.2 Å². The number of carbonyl (C=O) groups is 1. The lowest BCUT2D eigenvalue weighted by molar-refractivity contribution is 0.0953. The molecular formula is C19H26IN5O2. The summed E-state index contributed by atoms with van der Waals surface area (Å²) in [5.74, 6) is 0.604. The number of amides is 1. The maximum Gasteiger partial charge on any atom is 0.251 e. The molecule has 0 radical (unpaired) electrons. The monoisotopic (exact) mass is 483 g/mol. The molecule has 27 heavy (non-hydrogen) atoms. The van der Waals surface area contributed by atoms with Gasteiger partial charge in [0.25, 0.3) is 5.91 Å². The number of halogens is 1. The van der Waals surface area contributed by atoms with Crippen LogP contribution in [0, 0.1) is 0 Å². The third kappa shape index (κ3) is 8.72. The number of rotatable bonds is 8. The summed E-state index contributed by atoms with van der Waals surface area (Å²) >= 11 is 0. The van der Waals surface area contributed by atoms with E-state index in [0.29, 0.717) is 25.2 Å². The van der Waals surface area contributed by atoms with Gasteiger partial charge in [0, 0.05) is 31.4 Å². The Morgan fingerprint density at radius 1 is 1.11 bits per heavy atom. The Bertz CT molecular complexity index is 725. The summed E-state index contributed by atoms with van der Waals surface area (Å²) in [7, 11) is 0. The van der Waals surface area contributed by atoms with Crippen LogP contribution < -0.4 is 16.0 Å². The lowest BCUT2D eigenvalue weighted by Crippen LogP contribution is -2.38. The van der Waals surface area contributed by atoms with E-state index in [-0.39, 0.29) is 35.6 Å². The van der Waals surface area contributed by atoms with E-state index in [1.807, 2.05) is 25.1 Å². The molecule has 1 aromatic heterocycles. The first kappa shape index (κ1) is 22.7. The van der Waals surface area contributed by atoms with Crippen molar-refractivity contribution in [2.24, 2.45) is 4.99 Å². The second kappa shape index (κ2) is 12.9. The highest BCUT2D eigenvalue weighted by atomic mass is 127. The second-order valence-electron chi connectivity index (χ2n) is 5.60. The fraction of sp³-hybridized carbons (Fsp3) is 0.316. The molecule has 2 aromatic rings. The minimum Gasteiger partial charge on any atom is -0.508 e. The van der Waals surface area contributed by atoms with Crippen molar-refractivity contribution in [2.75, 3.05) is 19.6 Å². The summed E-state index contributed by atoms with van der Waals surface area (Å²) < 4.78 is 0. The zero-order chi connectivity index (χ0) is 18.6. The van der Waals surface area contributed by atoms with Crippen LogP contribution >= 0.6 is 24.0 Å². The van der Waals surface area contributed by atoms with Crippen LogP contribution in [0.1, 0.15) is 29.4 Å². The molecule has 0 fully saturated rings. The smallest absolute Gasteiger partial charge is 0.251 e. The maximum absolute atomic E-state index is 12.0. The minimum absolute atomic E-state index is 0. The van der Waals surface area contributed by atoms with Crippen LogP contribution in [-0.4, -0.2) is 41.6 Å². The Balaban J connectivity index is 0.00000364. The number of pyridine rings is 1. The number of nitrogens with zero attached hydrogens (tertiary/aromatic N) is 2. The number of phenols is 1. The lowest BCUT2D eigenvalue weighted by Gasteiger charge is -2.11. The molecule has 0 spiro atoms. The normalized spacial score (nSPS) is 10.6. The Labute approximate surface area is 176 Å². The Hall–Kier alpha value is -2.36. The van der Waals surface area contributed by atoms with Gasteiger partial charge in [0.2, 0.25) is 0 Å². The van der Waals surface area contributed by atoms with Gasteiger partial charge in [-0.1, -0.05) is 12.1 Å². The Morgan fingerprint density at radius 2 is 1.93 bits per heavy atom. The number of guanidine groups is 1. The highest BCUT2D eigenvalue weighted by Crippen LogP contribution is 2.10. The first-order valence-electron chi connectivity index (χ1n) is 8.68. The summed E-state index contributed by atoms with van der Waals surface area (Å²) in [6.45, 7) is 4.48. The molecule has 146 valence electrons. The number of aromatic hydroxyl groups is 1. The lowest BCUT2D eigenvalue weighted by atomic mass is 10.2. The number of carbonyl (C=O) groups excluding carboxylic acids is 1. The molecule has 1 heterocycles. The molecular weight excluding hydrogens is 457 g/mol. The highest BCUT2D eigenvalue weighted by Gasteiger charge is 2.05. The zero-order valence-corrected chi connectivity index (χ0v) is 17.6. The number of aromatic nitrogens is 1. The minimum atomic E-state index is -0.198. The quantitative estimate of drug-likeness (QED) is 0.200. The third-order valence-corrected chi connectivity index (χ3v) is 3.51. The van der Waals surface area contributed by atoms with Crippen LogP contribution in [0.25, 0.3) is 0 Å². The molecule has 7 nitrogen and oxygen atoms in total. The molecule has 0 aliphatic heterocycles. The first-order chi connectivity index (χ1) is 12.7. The van der Waals surface area contributed by atoms with Crippen molar-refractivity contribution in [3.05, 3.63) is 59.9 Å². The number of benzene rings is 1. The Morgan fingerprint density at radius 3 is 2.63 bits per heavy atom. The van der Waals surface area contributed by atoms with Crippen molar-refractivity contribution in [3.8, 4) is 5.75 Å². The molecule has 0 saturated carbocycles. The van der Waals surface area contributed by atoms with Crippen LogP contribution in [0.15, 0.2) is 53.7 Å². The standard InChI is InChI=1S/C19H25N5O2.HI/c1-2-20-19(24-14-16-8-3-4-10-21-16)23-12-6-11-22-18(26)15-7-5-9-17(25)13-15;/h3-5,7-10,13,25H,2,6,11-12,14H2,1H3,(H,22,26)(H2,20,23,24);1H.